The highest BCUT2D eigenvalue weighted by atomic mass is 14.9. The van der Waals surface area contributed by atoms with Crippen molar-refractivity contribution < 1.29 is 0 Å². The molecule has 0 spiro atoms. The summed E-state index contributed by atoms with van der Waals surface area (Å²) in [6, 6.07) is 0. The second kappa shape index (κ2) is 2.40. The molecule has 6 fully saturated rings. The van der Waals surface area contributed by atoms with Crippen LogP contribution in [0.1, 0.15) is 46.0 Å². The number of hydrogen-bond donors (Lipinski definition) is 0. The van der Waals surface area contributed by atoms with Crippen LogP contribution in [-0.2, 0) is 0 Å². The van der Waals surface area contributed by atoms with Crippen molar-refractivity contribution >= 4 is 0 Å². The molecule has 16 heavy (non-hydrogen) atoms. The van der Waals surface area contributed by atoms with Crippen LogP contribution >= 0.6 is 0 Å². The van der Waals surface area contributed by atoms with Crippen molar-refractivity contribution in [3.05, 3.63) is 0 Å². The van der Waals surface area contributed by atoms with Crippen molar-refractivity contribution in [3.8, 4) is 0 Å². The Labute approximate surface area is 99.2 Å². The summed E-state index contributed by atoms with van der Waals surface area (Å²) in [4.78, 5) is 0. The van der Waals surface area contributed by atoms with E-state index in [1.165, 1.54) is 54.3 Å². The Morgan fingerprint density at radius 1 is 0.875 bits per heavy atom. The van der Waals surface area contributed by atoms with E-state index in [9.17, 15) is 0 Å². The molecule has 0 aliphatic heterocycles. The molecule has 6 unspecified atom stereocenters. The fourth-order valence-electron chi connectivity index (χ4n) is 7.33. The molecule has 0 N–H and O–H groups in total. The maximum Gasteiger partial charge on any atom is -0.0176 e. The number of hydrogen-bond acceptors (Lipinski definition) is 0. The van der Waals surface area contributed by atoms with Crippen LogP contribution in [0.4, 0.5) is 0 Å². The van der Waals surface area contributed by atoms with Gasteiger partial charge in [0.05, 0.1) is 0 Å². The standard InChI is InChI=1S/C16H24/c1-3-8(4-2)16-12-5-9(12)15(10-6-13(10)16)11-7-14(11)16/h8-15H,3-7H2,1-2H3. The van der Waals surface area contributed by atoms with Gasteiger partial charge in [0.25, 0.3) is 0 Å². The van der Waals surface area contributed by atoms with E-state index < -0.39 is 0 Å². The summed E-state index contributed by atoms with van der Waals surface area (Å²) in [5.41, 5.74) is 0.901. The Bertz CT molecular complexity index is 308. The molecule has 0 amide bonds. The summed E-state index contributed by atoms with van der Waals surface area (Å²) in [7, 11) is 0. The summed E-state index contributed by atoms with van der Waals surface area (Å²) in [6.07, 6.45) is 7.90. The predicted molar refractivity (Wildman–Crippen MR) is 64.8 cm³/mol. The quantitative estimate of drug-likeness (QED) is 0.670. The van der Waals surface area contributed by atoms with Crippen molar-refractivity contribution in [3.63, 3.8) is 0 Å². The minimum Gasteiger partial charge on any atom is -0.0651 e. The average Bonchev–Trinajstić information content (AvgIpc) is 3.05. The molecule has 6 rings (SSSR count). The van der Waals surface area contributed by atoms with E-state index in [4.69, 9.17) is 0 Å². The third kappa shape index (κ3) is 0.703. The molecule has 6 aliphatic rings. The first kappa shape index (κ1) is 9.00. The fourth-order valence-corrected chi connectivity index (χ4v) is 7.33. The molecular formula is C16H24. The minimum atomic E-state index is 0.901. The highest BCUT2D eigenvalue weighted by Gasteiger charge is 2.84. The summed E-state index contributed by atoms with van der Waals surface area (Å²) >= 11 is 0. The van der Waals surface area contributed by atoms with E-state index in [0.29, 0.717) is 0 Å². The van der Waals surface area contributed by atoms with E-state index in [2.05, 4.69) is 13.8 Å². The molecule has 0 heterocycles. The summed E-state index contributed by atoms with van der Waals surface area (Å²) in [5.74, 6) is 9.68. The first-order valence-corrected chi connectivity index (χ1v) is 7.83. The van der Waals surface area contributed by atoms with Crippen LogP contribution in [0, 0.1) is 52.8 Å². The van der Waals surface area contributed by atoms with Crippen LogP contribution < -0.4 is 0 Å². The summed E-state index contributed by atoms with van der Waals surface area (Å²) in [6.45, 7) is 4.94. The van der Waals surface area contributed by atoms with Gasteiger partial charge in [-0.2, -0.15) is 0 Å². The third-order valence-electron chi connectivity index (χ3n) is 7.62. The molecule has 0 heteroatoms. The average molecular weight is 216 g/mol. The van der Waals surface area contributed by atoms with Crippen LogP contribution in [0.3, 0.4) is 0 Å². The van der Waals surface area contributed by atoms with Gasteiger partial charge in [-0.15, -0.1) is 0 Å². The molecule has 2 bridgehead atoms. The lowest BCUT2D eigenvalue weighted by Gasteiger charge is -2.50. The summed E-state index contributed by atoms with van der Waals surface area (Å²) in [5, 5.41) is 0. The lowest BCUT2D eigenvalue weighted by Crippen LogP contribution is -2.46. The first-order chi connectivity index (χ1) is 7.83. The number of rotatable bonds is 3. The van der Waals surface area contributed by atoms with Gasteiger partial charge in [-0.25, -0.2) is 0 Å². The Hall–Kier alpha value is 0. The molecule has 88 valence electrons. The Morgan fingerprint density at radius 2 is 1.31 bits per heavy atom. The lowest BCUT2D eigenvalue weighted by atomic mass is 9.54. The molecule has 0 aromatic carbocycles. The minimum absolute atomic E-state index is 0.901. The maximum atomic E-state index is 2.47. The van der Waals surface area contributed by atoms with E-state index >= 15 is 0 Å². The second-order valence-corrected chi connectivity index (χ2v) is 7.61. The smallest absolute Gasteiger partial charge is 0.0176 e. The van der Waals surface area contributed by atoms with Crippen molar-refractivity contribution in [1.29, 1.82) is 0 Å². The maximum absolute atomic E-state index is 2.47. The van der Waals surface area contributed by atoms with Crippen LogP contribution in [0.15, 0.2) is 0 Å². The van der Waals surface area contributed by atoms with Crippen LogP contribution in [0.2, 0.25) is 0 Å². The highest BCUT2D eigenvalue weighted by Crippen LogP contribution is 2.89. The second-order valence-electron chi connectivity index (χ2n) is 7.61. The van der Waals surface area contributed by atoms with Gasteiger partial charge in [-0.1, -0.05) is 26.7 Å². The van der Waals surface area contributed by atoms with Gasteiger partial charge >= 0.3 is 0 Å². The monoisotopic (exact) mass is 216 g/mol. The normalized spacial score (nSPS) is 67.3. The molecular weight excluding hydrogens is 192 g/mol. The van der Waals surface area contributed by atoms with Crippen LogP contribution in [-0.4, -0.2) is 0 Å². The van der Waals surface area contributed by atoms with E-state index in [-0.39, 0.29) is 0 Å². The highest BCUT2D eigenvalue weighted by molar-refractivity contribution is 5.31. The molecule has 0 nitrogen and oxygen atoms in total. The fraction of sp³-hybridized carbons (Fsp3) is 1.00. The Morgan fingerprint density at radius 3 is 1.69 bits per heavy atom. The largest absolute Gasteiger partial charge is 0.0651 e. The predicted octanol–water partition coefficient (Wildman–Crippen LogP) is 3.96. The van der Waals surface area contributed by atoms with E-state index in [1.807, 2.05) is 0 Å². The molecule has 0 aromatic rings. The van der Waals surface area contributed by atoms with Crippen molar-refractivity contribution in [1.82, 2.24) is 0 Å². The van der Waals surface area contributed by atoms with Crippen LogP contribution in [0.5, 0.6) is 0 Å². The van der Waals surface area contributed by atoms with Gasteiger partial charge in [0.1, 0.15) is 0 Å². The summed E-state index contributed by atoms with van der Waals surface area (Å²) < 4.78 is 0. The Balaban J connectivity index is 1.65. The zero-order valence-electron chi connectivity index (χ0n) is 10.7. The molecule has 6 saturated carbocycles. The van der Waals surface area contributed by atoms with Gasteiger partial charge in [0.15, 0.2) is 0 Å². The van der Waals surface area contributed by atoms with E-state index in [0.717, 1.165) is 11.3 Å². The lowest BCUT2D eigenvalue weighted by molar-refractivity contribution is -0.0351. The molecule has 0 radical (unpaired) electrons. The molecule has 6 aliphatic carbocycles. The SMILES string of the molecule is CCC(CC)C12C3CC3C(C3CC31)C1CC12. The van der Waals surface area contributed by atoms with Crippen molar-refractivity contribution in [2.24, 2.45) is 52.8 Å². The van der Waals surface area contributed by atoms with Gasteiger partial charge in [0, 0.05) is 0 Å². The molecule has 6 atom stereocenters. The van der Waals surface area contributed by atoms with Gasteiger partial charge in [-0.3, -0.25) is 0 Å². The zero-order valence-corrected chi connectivity index (χ0v) is 10.7. The molecule has 0 saturated heterocycles. The molecule has 0 aromatic heterocycles. The first-order valence-electron chi connectivity index (χ1n) is 7.83. The zero-order chi connectivity index (χ0) is 10.7. The van der Waals surface area contributed by atoms with Gasteiger partial charge < -0.3 is 0 Å². The van der Waals surface area contributed by atoms with Gasteiger partial charge in [-0.05, 0) is 72.0 Å². The van der Waals surface area contributed by atoms with Crippen molar-refractivity contribution in [2.45, 2.75) is 46.0 Å². The van der Waals surface area contributed by atoms with E-state index in [1.54, 1.807) is 19.3 Å². The van der Waals surface area contributed by atoms with Crippen LogP contribution in [0.25, 0.3) is 0 Å². The Kier molecular flexibility index (Phi) is 1.35. The van der Waals surface area contributed by atoms with Gasteiger partial charge in [0.2, 0.25) is 0 Å². The third-order valence-corrected chi connectivity index (χ3v) is 7.62. The topological polar surface area (TPSA) is 0 Å². The van der Waals surface area contributed by atoms with Crippen molar-refractivity contribution in [2.75, 3.05) is 0 Å².